The van der Waals surface area contributed by atoms with Gasteiger partial charge in [0.25, 0.3) is 10.0 Å². The van der Waals surface area contributed by atoms with E-state index < -0.39 is 10.0 Å². The van der Waals surface area contributed by atoms with Crippen molar-refractivity contribution in [2.24, 2.45) is 0 Å². The molecule has 0 amide bonds. The molecule has 1 heterocycles. The van der Waals surface area contributed by atoms with Crippen LogP contribution in [0.2, 0.25) is 5.02 Å². The lowest BCUT2D eigenvalue weighted by Crippen LogP contribution is -2.14. The second kappa shape index (κ2) is 7.81. The van der Waals surface area contributed by atoms with Gasteiger partial charge in [-0.15, -0.1) is 0 Å². The predicted octanol–water partition coefficient (Wildman–Crippen LogP) is 3.99. The first-order chi connectivity index (χ1) is 12.9. The van der Waals surface area contributed by atoms with Gasteiger partial charge in [0.1, 0.15) is 22.8 Å². The SMILES string of the molecule is COc1ccc(Cl)cc1S(=O)(=O)Nc1ccc(Nc2cc(C)ncn2)cc1. The third kappa shape index (κ3) is 4.66. The van der Waals surface area contributed by atoms with Crippen LogP contribution in [0.15, 0.2) is 59.8 Å². The number of hydrogen-bond acceptors (Lipinski definition) is 6. The molecule has 0 bridgehead atoms. The highest BCUT2D eigenvalue weighted by Gasteiger charge is 2.20. The molecule has 0 atom stereocenters. The number of aromatic nitrogens is 2. The molecule has 2 N–H and O–H groups in total. The van der Waals surface area contributed by atoms with Crippen LogP contribution in [0.1, 0.15) is 5.69 Å². The van der Waals surface area contributed by atoms with E-state index in [1.807, 2.05) is 13.0 Å². The first kappa shape index (κ1) is 18.9. The lowest BCUT2D eigenvalue weighted by Gasteiger charge is -2.12. The summed E-state index contributed by atoms with van der Waals surface area (Å²) < 4.78 is 33.0. The maximum absolute atomic E-state index is 12.7. The molecule has 9 heteroatoms. The first-order valence-electron chi connectivity index (χ1n) is 7.89. The van der Waals surface area contributed by atoms with Gasteiger partial charge in [0, 0.05) is 28.2 Å². The molecule has 140 valence electrons. The molecule has 0 radical (unpaired) electrons. The quantitative estimate of drug-likeness (QED) is 0.645. The molecule has 7 nitrogen and oxygen atoms in total. The van der Waals surface area contributed by atoms with E-state index >= 15 is 0 Å². The molecule has 0 aliphatic rings. The van der Waals surface area contributed by atoms with Gasteiger partial charge in [-0.25, -0.2) is 18.4 Å². The minimum absolute atomic E-state index is 0.0313. The second-order valence-electron chi connectivity index (χ2n) is 5.65. The van der Waals surface area contributed by atoms with E-state index in [-0.39, 0.29) is 10.6 Å². The second-order valence-corrected chi connectivity index (χ2v) is 7.73. The molecule has 0 aliphatic carbocycles. The van der Waals surface area contributed by atoms with E-state index in [2.05, 4.69) is 20.0 Å². The maximum atomic E-state index is 12.7. The van der Waals surface area contributed by atoms with E-state index in [0.29, 0.717) is 16.5 Å². The molecule has 0 unspecified atom stereocenters. The molecule has 0 fully saturated rings. The van der Waals surface area contributed by atoms with Crippen molar-refractivity contribution in [1.29, 1.82) is 0 Å². The van der Waals surface area contributed by atoms with E-state index in [1.165, 1.54) is 25.6 Å². The molecular formula is C18H17ClN4O3S. The number of hydrogen-bond donors (Lipinski definition) is 2. The molecule has 1 aromatic heterocycles. The smallest absolute Gasteiger partial charge is 0.265 e. The van der Waals surface area contributed by atoms with E-state index in [1.54, 1.807) is 30.3 Å². The lowest BCUT2D eigenvalue weighted by molar-refractivity contribution is 0.403. The van der Waals surface area contributed by atoms with Crippen molar-refractivity contribution in [3.8, 4) is 5.75 Å². The predicted molar refractivity (Wildman–Crippen MR) is 105 cm³/mol. The number of rotatable bonds is 6. The Kier molecular flexibility index (Phi) is 5.48. The van der Waals surface area contributed by atoms with Crippen molar-refractivity contribution in [3.05, 3.63) is 65.6 Å². The zero-order valence-electron chi connectivity index (χ0n) is 14.6. The fraction of sp³-hybridized carbons (Fsp3) is 0.111. The molecular weight excluding hydrogens is 388 g/mol. The monoisotopic (exact) mass is 404 g/mol. The number of ether oxygens (including phenoxy) is 1. The van der Waals surface area contributed by atoms with Gasteiger partial charge in [0.15, 0.2) is 0 Å². The van der Waals surface area contributed by atoms with Crippen molar-refractivity contribution in [2.45, 2.75) is 11.8 Å². The van der Waals surface area contributed by atoms with Crippen LogP contribution in [0.25, 0.3) is 0 Å². The summed E-state index contributed by atoms with van der Waals surface area (Å²) in [4.78, 5) is 8.13. The number of methoxy groups -OCH3 is 1. The Hall–Kier alpha value is -2.84. The maximum Gasteiger partial charge on any atom is 0.265 e. The molecule has 0 saturated heterocycles. The Labute approximate surface area is 162 Å². The van der Waals surface area contributed by atoms with Crippen LogP contribution in [-0.4, -0.2) is 25.5 Å². The Balaban J connectivity index is 1.79. The molecule has 3 rings (SSSR count). The molecule has 0 spiro atoms. The zero-order chi connectivity index (χ0) is 19.4. The largest absolute Gasteiger partial charge is 0.495 e. The summed E-state index contributed by atoms with van der Waals surface area (Å²) in [6.45, 7) is 1.87. The molecule has 27 heavy (non-hydrogen) atoms. The van der Waals surface area contributed by atoms with Crippen molar-refractivity contribution < 1.29 is 13.2 Å². The number of benzene rings is 2. The summed E-state index contributed by atoms with van der Waals surface area (Å²) in [7, 11) is -2.46. The highest BCUT2D eigenvalue weighted by atomic mass is 35.5. The van der Waals surface area contributed by atoms with Crippen LogP contribution in [0.4, 0.5) is 17.2 Å². The standard InChI is InChI=1S/C18H17ClN4O3S/c1-12-9-18(21-11-20-12)22-14-4-6-15(7-5-14)23-27(24,25)17-10-13(19)3-8-16(17)26-2/h3-11,23H,1-2H3,(H,20,21,22). The van der Waals surface area contributed by atoms with Crippen LogP contribution in [0.5, 0.6) is 5.75 Å². The number of sulfonamides is 1. The van der Waals surface area contributed by atoms with Gasteiger partial charge in [-0.2, -0.15) is 0 Å². The fourth-order valence-electron chi connectivity index (χ4n) is 2.36. The van der Waals surface area contributed by atoms with Gasteiger partial charge in [-0.05, 0) is 49.4 Å². The summed E-state index contributed by atoms with van der Waals surface area (Å²) in [5.74, 6) is 0.865. The van der Waals surface area contributed by atoms with Crippen LogP contribution in [0, 0.1) is 6.92 Å². The number of halogens is 1. The zero-order valence-corrected chi connectivity index (χ0v) is 16.2. The third-order valence-corrected chi connectivity index (χ3v) is 5.27. The molecule has 0 aliphatic heterocycles. The summed E-state index contributed by atoms with van der Waals surface area (Å²) in [5, 5.41) is 3.43. The van der Waals surface area contributed by atoms with Gasteiger partial charge >= 0.3 is 0 Å². The van der Waals surface area contributed by atoms with Gasteiger partial charge in [0.2, 0.25) is 0 Å². The van der Waals surface area contributed by atoms with Crippen LogP contribution in [0.3, 0.4) is 0 Å². The summed E-state index contributed by atoms with van der Waals surface area (Å²) in [5.41, 5.74) is 2.00. The highest BCUT2D eigenvalue weighted by Crippen LogP contribution is 2.29. The van der Waals surface area contributed by atoms with Crippen LogP contribution >= 0.6 is 11.6 Å². The Morgan fingerprint density at radius 2 is 1.70 bits per heavy atom. The molecule has 2 aromatic carbocycles. The van der Waals surface area contributed by atoms with E-state index in [9.17, 15) is 8.42 Å². The van der Waals surface area contributed by atoms with Crippen molar-refractivity contribution in [1.82, 2.24) is 9.97 Å². The lowest BCUT2D eigenvalue weighted by atomic mass is 10.3. The van der Waals surface area contributed by atoms with Crippen molar-refractivity contribution >= 4 is 38.8 Å². The summed E-state index contributed by atoms with van der Waals surface area (Å²) >= 11 is 5.93. The number of nitrogens with zero attached hydrogens (tertiary/aromatic N) is 2. The Bertz CT molecular complexity index is 1060. The third-order valence-electron chi connectivity index (χ3n) is 3.63. The van der Waals surface area contributed by atoms with Gasteiger partial charge in [-0.3, -0.25) is 4.72 Å². The van der Waals surface area contributed by atoms with Gasteiger partial charge < -0.3 is 10.1 Å². The molecule has 3 aromatic rings. The topological polar surface area (TPSA) is 93.2 Å². The average Bonchev–Trinajstić information content (AvgIpc) is 2.63. The van der Waals surface area contributed by atoms with Crippen molar-refractivity contribution in [3.63, 3.8) is 0 Å². The van der Waals surface area contributed by atoms with E-state index in [0.717, 1.165) is 11.4 Å². The first-order valence-corrected chi connectivity index (χ1v) is 9.75. The normalized spacial score (nSPS) is 11.1. The fourth-order valence-corrected chi connectivity index (χ4v) is 3.85. The number of aryl methyl sites for hydroxylation is 1. The van der Waals surface area contributed by atoms with Crippen LogP contribution in [-0.2, 0) is 10.0 Å². The van der Waals surface area contributed by atoms with Gasteiger partial charge in [0.05, 0.1) is 7.11 Å². The van der Waals surface area contributed by atoms with Gasteiger partial charge in [-0.1, -0.05) is 11.6 Å². The van der Waals surface area contributed by atoms with Crippen molar-refractivity contribution in [2.75, 3.05) is 17.1 Å². The van der Waals surface area contributed by atoms with Crippen LogP contribution < -0.4 is 14.8 Å². The highest BCUT2D eigenvalue weighted by molar-refractivity contribution is 7.92. The van der Waals surface area contributed by atoms with E-state index in [4.69, 9.17) is 16.3 Å². The summed E-state index contributed by atoms with van der Waals surface area (Å²) in [6.07, 6.45) is 1.47. The average molecular weight is 405 g/mol. The Morgan fingerprint density at radius 1 is 1.00 bits per heavy atom. The number of anilines is 3. The Morgan fingerprint density at radius 3 is 2.37 bits per heavy atom. The number of nitrogens with one attached hydrogen (secondary N) is 2. The molecule has 0 saturated carbocycles. The summed E-state index contributed by atoms with van der Waals surface area (Å²) in [6, 6.07) is 13.0. The minimum atomic E-state index is -3.86. The minimum Gasteiger partial charge on any atom is -0.495 e.